The summed E-state index contributed by atoms with van der Waals surface area (Å²) in [6, 6.07) is 5.74. The van der Waals surface area contributed by atoms with Gasteiger partial charge < -0.3 is 10.5 Å². The van der Waals surface area contributed by atoms with E-state index in [1.165, 1.54) is 0 Å². The number of aryl methyl sites for hydroxylation is 1. The lowest BCUT2D eigenvalue weighted by Crippen LogP contribution is -1.91. The molecule has 90 valence electrons. The Bertz CT molecular complexity index is 513. The molecule has 2 rings (SSSR count). The molecule has 2 aromatic rings. The highest BCUT2D eigenvalue weighted by Gasteiger charge is 2.04. The summed E-state index contributed by atoms with van der Waals surface area (Å²) < 4.78 is 6.15. The third-order valence-electron chi connectivity index (χ3n) is 2.09. The van der Waals surface area contributed by atoms with Gasteiger partial charge in [0.1, 0.15) is 10.8 Å². The van der Waals surface area contributed by atoms with Gasteiger partial charge in [0, 0.05) is 17.5 Å². The van der Waals surface area contributed by atoms with Crippen molar-refractivity contribution in [2.75, 3.05) is 12.8 Å². The molecule has 17 heavy (non-hydrogen) atoms. The highest BCUT2D eigenvalue weighted by molar-refractivity contribution is 8.00. The monoisotopic (exact) mass is 267 g/mol. The molecule has 0 atom stereocenters. The molecule has 0 aliphatic heterocycles. The molecule has 0 spiro atoms. The number of methoxy groups -OCH3 is 1. The fraction of sp³-hybridized carbons (Fsp3) is 0.273. The standard InChI is InChI=1S/C11H13N3OS2/c1-7-13-14-11(17-7)16-6-8-3-9(12)5-10(4-8)15-2/h3-5H,6,12H2,1-2H3. The van der Waals surface area contributed by atoms with Crippen LogP contribution in [0.2, 0.25) is 0 Å². The average Bonchev–Trinajstić information content (AvgIpc) is 2.72. The number of nitrogen functional groups attached to an aromatic ring is 1. The first-order valence-corrected chi connectivity index (χ1v) is 6.84. The summed E-state index contributed by atoms with van der Waals surface area (Å²) in [4.78, 5) is 0. The second-order valence-corrected chi connectivity index (χ2v) is 5.89. The van der Waals surface area contributed by atoms with Gasteiger partial charge in [0.05, 0.1) is 7.11 Å². The molecule has 0 fully saturated rings. The van der Waals surface area contributed by atoms with Crippen LogP contribution in [-0.2, 0) is 5.75 Å². The molecule has 1 aromatic heterocycles. The van der Waals surface area contributed by atoms with E-state index < -0.39 is 0 Å². The Kier molecular flexibility index (Phi) is 3.86. The Morgan fingerprint density at radius 2 is 2.18 bits per heavy atom. The van der Waals surface area contributed by atoms with Crippen LogP contribution in [0.15, 0.2) is 22.5 Å². The third kappa shape index (κ3) is 3.34. The average molecular weight is 267 g/mol. The molecular weight excluding hydrogens is 254 g/mol. The Morgan fingerprint density at radius 3 is 2.82 bits per heavy atom. The van der Waals surface area contributed by atoms with Crippen LogP contribution in [0.25, 0.3) is 0 Å². The summed E-state index contributed by atoms with van der Waals surface area (Å²) in [7, 11) is 1.64. The summed E-state index contributed by atoms with van der Waals surface area (Å²) in [5.74, 6) is 1.60. The van der Waals surface area contributed by atoms with Gasteiger partial charge in [-0.2, -0.15) is 0 Å². The van der Waals surface area contributed by atoms with Crippen molar-refractivity contribution in [1.82, 2.24) is 10.2 Å². The number of ether oxygens (including phenoxy) is 1. The number of aromatic nitrogens is 2. The Labute approximate surface area is 108 Å². The van der Waals surface area contributed by atoms with Crippen LogP contribution in [0.3, 0.4) is 0 Å². The quantitative estimate of drug-likeness (QED) is 0.681. The van der Waals surface area contributed by atoms with Crippen molar-refractivity contribution in [3.05, 3.63) is 28.8 Å². The molecule has 1 aromatic carbocycles. The predicted octanol–water partition coefficient (Wildman–Crippen LogP) is 2.73. The molecular formula is C11H13N3OS2. The van der Waals surface area contributed by atoms with Crippen molar-refractivity contribution >= 4 is 28.8 Å². The molecule has 0 saturated carbocycles. The molecule has 0 amide bonds. The lowest BCUT2D eigenvalue weighted by molar-refractivity contribution is 0.414. The van der Waals surface area contributed by atoms with Crippen LogP contribution in [-0.4, -0.2) is 17.3 Å². The number of nitrogens with two attached hydrogens (primary N) is 1. The van der Waals surface area contributed by atoms with Crippen LogP contribution in [0.1, 0.15) is 10.6 Å². The van der Waals surface area contributed by atoms with Crippen molar-refractivity contribution in [3.8, 4) is 5.75 Å². The fourth-order valence-corrected chi connectivity index (χ4v) is 3.11. The number of anilines is 1. The predicted molar refractivity (Wildman–Crippen MR) is 71.6 cm³/mol. The number of nitrogens with zero attached hydrogens (tertiary/aromatic N) is 2. The van der Waals surface area contributed by atoms with Gasteiger partial charge in [-0.1, -0.05) is 23.1 Å². The smallest absolute Gasteiger partial charge is 0.174 e. The maximum Gasteiger partial charge on any atom is 0.174 e. The number of hydrogen-bond donors (Lipinski definition) is 1. The normalized spacial score (nSPS) is 10.5. The lowest BCUT2D eigenvalue weighted by atomic mass is 10.2. The van der Waals surface area contributed by atoms with Crippen molar-refractivity contribution in [2.45, 2.75) is 17.0 Å². The fourth-order valence-electron chi connectivity index (χ4n) is 1.37. The van der Waals surface area contributed by atoms with E-state index in [0.29, 0.717) is 5.69 Å². The molecule has 6 heteroatoms. The minimum atomic E-state index is 0.716. The van der Waals surface area contributed by atoms with Crippen molar-refractivity contribution in [2.24, 2.45) is 0 Å². The summed E-state index contributed by atoms with van der Waals surface area (Å²) >= 11 is 3.26. The first kappa shape index (κ1) is 12.2. The van der Waals surface area contributed by atoms with Crippen molar-refractivity contribution < 1.29 is 4.74 Å². The molecule has 1 heterocycles. The molecule has 0 aliphatic carbocycles. The maximum absolute atomic E-state index is 5.79. The molecule has 0 aliphatic rings. The van der Waals surface area contributed by atoms with E-state index in [9.17, 15) is 0 Å². The van der Waals surface area contributed by atoms with Gasteiger partial charge in [-0.05, 0) is 24.6 Å². The zero-order valence-electron chi connectivity index (χ0n) is 9.64. The molecule has 0 unspecified atom stereocenters. The van der Waals surface area contributed by atoms with E-state index in [1.807, 2.05) is 25.1 Å². The van der Waals surface area contributed by atoms with Crippen LogP contribution >= 0.6 is 23.1 Å². The Morgan fingerprint density at radius 1 is 1.35 bits per heavy atom. The molecule has 0 bridgehead atoms. The first-order valence-electron chi connectivity index (χ1n) is 5.03. The van der Waals surface area contributed by atoms with E-state index in [1.54, 1.807) is 30.2 Å². The largest absolute Gasteiger partial charge is 0.497 e. The van der Waals surface area contributed by atoms with Crippen LogP contribution in [0.4, 0.5) is 5.69 Å². The van der Waals surface area contributed by atoms with Crippen molar-refractivity contribution in [3.63, 3.8) is 0 Å². The van der Waals surface area contributed by atoms with Gasteiger partial charge >= 0.3 is 0 Å². The maximum atomic E-state index is 5.79. The van der Waals surface area contributed by atoms with E-state index in [-0.39, 0.29) is 0 Å². The number of thioether (sulfide) groups is 1. The summed E-state index contributed by atoms with van der Waals surface area (Å²) in [5.41, 5.74) is 7.63. The molecule has 0 saturated heterocycles. The van der Waals surface area contributed by atoms with Gasteiger partial charge in [-0.25, -0.2) is 0 Å². The van der Waals surface area contributed by atoms with E-state index in [0.717, 1.165) is 26.4 Å². The van der Waals surface area contributed by atoms with Crippen LogP contribution in [0.5, 0.6) is 5.75 Å². The molecule has 4 nitrogen and oxygen atoms in total. The Hall–Kier alpha value is -1.27. The zero-order chi connectivity index (χ0) is 12.3. The number of hydrogen-bond acceptors (Lipinski definition) is 6. The molecule has 2 N–H and O–H groups in total. The van der Waals surface area contributed by atoms with Gasteiger partial charge in [0.25, 0.3) is 0 Å². The SMILES string of the molecule is COc1cc(N)cc(CSc2nnc(C)s2)c1. The highest BCUT2D eigenvalue weighted by atomic mass is 32.2. The van der Waals surface area contributed by atoms with Gasteiger partial charge in [-0.15, -0.1) is 10.2 Å². The van der Waals surface area contributed by atoms with Crippen LogP contribution in [0, 0.1) is 6.92 Å². The van der Waals surface area contributed by atoms with E-state index in [2.05, 4.69) is 10.2 Å². The second-order valence-electron chi connectivity index (χ2n) is 3.49. The topological polar surface area (TPSA) is 61.0 Å². The third-order valence-corrected chi connectivity index (χ3v) is 4.14. The Balaban J connectivity index is 2.05. The first-order chi connectivity index (χ1) is 8.17. The van der Waals surface area contributed by atoms with Gasteiger partial charge in [0.2, 0.25) is 0 Å². The summed E-state index contributed by atoms with van der Waals surface area (Å²) in [6.45, 7) is 1.95. The van der Waals surface area contributed by atoms with E-state index in [4.69, 9.17) is 10.5 Å². The highest BCUT2D eigenvalue weighted by Crippen LogP contribution is 2.28. The minimum absolute atomic E-state index is 0.716. The van der Waals surface area contributed by atoms with Crippen molar-refractivity contribution in [1.29, 1.82) is 0 Å². The second kappa shape index (κ2) is 5.37. The minimum Gasteiger partial charge on any atom is -0.497 e. The summed E-state index contributed by atoms with van der Waals surface area (Å²) in [6.07, 6.45) is 0. The van der Waals surface area contributed by atoms with E-state index >= 15 is 0 Å². The number of rotatable bonds is 4. The summed E-state index contributed by atoms with van der Waals surface area (Å²) in [5, 5.41) is 9.03. The number of benzene rings is 1. The zero-order valence-corrected chi connectivity index (χ0v) is 11.3. The molecule has 0 radical (unpaired) electrons. The van der Waals surface area contributed by atoms with Gasteiger partial charge in [0.15, 0.2) is 4.34 Å². The van der Waals surface area contributed by atoms with Gasteiger partial charge in [-0.3, -0.25) is 0 Å². The van der Waals surface area contributed by atoms with Crippen LogP contribution < -0.4 is 10.5 Å². The lowest BCUT2D eigenvalue weighted by Gasteiger charge is -2.05.